The standard InChI is InChI=1S/C18H18Cl2FN3O.C5H10O2/c1-4-11(8-23-3)12-7-15(18(22)24-9-12)25-10(2)16-13(19)5-6-14(21)17(16)20;1-5(2,3)4(6)7/h4-10H,1-3H3,(H2,22,24);1-3H3,(H,6,7)/b11-4+,23-8?;. The van der Waals surface area contributed by atoms with Crippen molar-refractivity contribution in [2.75, 3.05) is 12.8 Å². The van der Waals surface area contributed by atoms with Gasteiger partial charge in [0.2, 0.25) is 0 Å². The maximum Gasteiger partial charge on any atom is 0.308 e. The summed E-state index contributed by atoms with van der Waals surface area (Å²) in [6.45, 7) is 8.59. The Labute approximate surface area is 197 Å². The molecule has 0 saturated carbocycles. The lowest BCUT2D eigenvalue weighted by Gasteiger charge is -2.19. The van der Waals surface area contributed by atoms with E-state index >= 15 is 0 Å². The largest absolute Gasteiger partial charge is 0.482 e. The minimum absolute atomic E-state index is 0.0741. The van der Waals surface area contributed by atoms with Crippen LogP contribution in [-0.4, -0.2) is 29.3 Å². The Hall–Kier alpha value is -2.64. The molecule has 0 aliphatic heterocycles. The second-order valence-electron chi connectivity index (χ2n) is 7.81. The van der Waals surface area contributed by atoms with Gasteiger partial charge in [0.05, 0.1) is 10.4 Å². The van der Waals surface area contributed by atoms with Crippen LogP contribution in [0.3, 0.4) is 0 Å². The van der Waals surface area contributed by atoms with Crippen molar-refractivity contribution in [3.05, 3.63) is 57.5 Å². The van der Waals surface area contributed by atoms with Gasteiger partial charge in [0.1, 0.15) is 11.9 Å². The number of pyridine rings is 1. The first-order chi connectivity index (χ1) is 14.8. The van der Waals surface area contributed by atoms with E-state index in [1.165, 1.54) is 12.1 Å². The van der Waals surface area contributed by atoms with Crippen molar-refractivity contribution in [3.8, 4) is 5.75 Å². The molecule has 6 nitrogen and oxygen atoms in total. The smallest absolute Gasteiger partial charge is 0.308 e. The molecule has 0 aliphatic rings. The van der Waals surface area contributed by atoms with Gasteiger partial charge in [0, 0.05) is 35.6 Å². The third-order valence-electron chi connectivity index (χ3n) is 4.23. The van der Waals surface area contributed by atoms with E-state index in [4.69, 9.17) is 38.8 Å². The molecule has 1 unspecified atom stereocenters. The zero-order chi connectivity index (χ0) is 24.6. The van der Waals surface area contributed by atoms with E-state index in [1.54, 1.807) is 53.2 Å². The summed E-state index contributed by atoms with van der Waals surface area (Å²) in [5.41, 5.74) is 7.34. The number of aliphatic carboxylic acids is 1. The van der Waals surface area contributed by atoms with Gasteiger partial charge < -0.3 is 15.6 Å². The Kier molecular flexibility index (Phi) is 10.1. The lowest BCUT2D eigenvalue weighted by atomic mass is 9.98. The highest BCUT2D eigenvalue weighted by atomic mass is 35.5. The molecule has 0 saturated heterocycles. The molecule has 174 valence electrons. The summed E-state index contributed by atoms with van der Waals surface area (Å²) in [6.07, 6.45) is 4.62. The van der Waals surface area contributed by atoms with Gasteiger partial charge in [-0.15, -0.1) is 0 Å². The number of hydrogen-bond donors (Lipinski definition) is 2. The van der Waals surface area contributed by atoms with Gasteiger partial charge in [-0.05, 0) is 58.4 Å². The second kappa shape index (κ2) is 11.8. The van der Waals surface area contributed by atoms with E-state index in [0.717, 1.165) is 11.1 Å². The number of carboxylic acid groups (broad SMARTS) is 1. The predicted molar refractivity (Wildman–Crippen MR) is 129 cm³/mol. The first-order valence-corrected chi connectivity index (χ1v) is 10.5. The van der Waals surface area contributed by atoms with Crippen LogP contribution in [0.4, 0.5) is 10.2 Å². The molecule has 1 atom stereocenters. The summed E-state index contributed by atoms with van der Waals surface area (Å²) in [6, 6.07) is 4.39. The number of aliphatic imine (C=N–C) groups is 1. The monoisotopic (exact) mass is 483 g/mol. The SMILES string of the molecule is C/C=C(\C=NC)c1cnc(N)c(OC(C)c2c(Cl)ccc(F)c2Cl)c1.CC(C)(C)C(=O)O. The number of carbonyl (C=O) groups is 1. The minimum Gasteiger partial charge on any atom is -0.482 e. The lowest BCUT2D eigenvalue weighted by molar-refractivity contribution is -0.145. The third kappa shape index (κ3) is 7.50. The molecule has 1 heterocycles. The molecule has 0 bridgehead atoms. The third-order valence-corrected chi connectivity index (χ3v) is 4.94. The van der Waals surface area contributed by atoms with Crippen LogP contribution in [0.15, 0.2) is 35.5 Å². The van der Waals surface area contributed by atoms with Gasteiger partial charge in [0.15, 0.2) is 11.6 Å². The minimum atomic E-state index is -0.757. The maximum absolute atomic E-state index is 13.7. The van der Waals surface area contributed by atoms with E-state index in [1.807, 2.05) is 13.0 Å². The maximum atomic E-state index is 13.7. The van der Waals surface area contributed by atoms with Gasteiger partial charge in [-0.25, -0.2) is 9.37 Å². The van der Waals surface area contributed by atoms with Gasteiger partial charge in [-0.3, -0.25) is 9.79 Å². The summed E-state index contributed by atoms with van der Waals surface area (Å²) in [5.74, 6) is -0.757. The summed E-state index contributed by atoms with van der Waals surface area (Å²) >= 11 is 12.2. The molecule has 3 N–H and O–H groups in total. The molecule has 0 radical (unpaired) electrons. The highest BCUT2D eigenvalue weighted by molar-refractivity contribution is 6.36. The number of nitrogens with two attached hydrogens (primary N) is 1. The number of nitrogens with zero attached hydrogens (tertiary/aromatic N) is 2. The molecule has 9 heteroatoms. The number of benzene rings is 1. The number of allylic oxidation sites excluding steroid dienone is 2. The van der Waals surface area contributed by atoms with Crippen molar-refractivity contribution in [2.45, 2.75) is 40.7 Å². The highest BCUT2D eigenvalue weighted by Gasteiger charge is 2.20. The fraction of sp³-hybridized carbons (Fsp3) is 0.348. The zero-order valence-electron chi connectivity index (χ0n) is 18.9. The summed E-state index contributed by atoms with van der Waals surface area (Å²) in [4.78, 5) is 18.2. The summed E-state index contributed by atoms with van der Waals surface area (Å²) in [5, 5.41) is 8.49. The van der Waals surface area contributed by atoms with Gasteiger partial charge in [0.25, 0.3) is 0 Å². The normalized spacial score (nSPS) is 12.8. The zero-order valence-corrected chi connectivity index (χ0v) is 20.4. The van der Waals surface area contributed by atoms with Gasteiger partial charge in [-0.2, -0.15) is 0 Å². The van der Waals surface area contributed by atoms with Crippen molar-refractivity contribution < 1.29 is 19.0 Å². The fourth-order valence-electron chi connectivity index (χ4n) is 2.33. The number of hydrogen-bond acceptors (Lipinski definition) is 5. The number of nitrogen functional groups attached to an aromatic ring is 1. The van der Waals surface area contributed by atoms with Gasteiger partial charge >= 0.3 is 5.97 Å². The Balaban J connectivity index is 0.000000633. The highest BCUT2D eigenvalue weighted by Crippen LogP contribution is 2.36. The van der Waals surface area contributed by atoms with Gasteiger partial charge in [-0.1, -0.05) is 29.3 Å². The van der Waals surface area contributed by atoms with E-state index < -0.39 is 23.3 Å². The van der Waals surface area contributed by atoms with Crippen molar-refractivity contribution in [1.82, 2.24) is 4.98 Å². The number of carboxylic acids is 1. The summed E-state index contributed by atoms with van der Waals surface area (Å²) in [7, 11) is 1.68. The number of rotatable bonds is 5. The van der Waals surface area contributed by atoms with Crippen LogP contribution >= 0.6 is 23.2 Å². The Bertz CT molecular complexity index is 1020. The molecular weight excluding hydrogens is 456 g/mol. The average molecular weight is 484 g/mol. The van der Waals surface area contributed by atoms with Crippen molar-refractivity contribution in [1.29, 1.82) is 0 Å². The first-order valence-electron chi connectivity index (χ1n) is 9.71. The first kappa shape index (κ1) is 27.4. The van der Waals surface area contributed by atoms with Crippen LogP contribution in [0, 0.1) is 11.2 Å². The molecule has 0 spiro atoms. The predicted octanol–water partition coefficient (Wildman–Crippen LogP) is 6.47. The van der Waals surface area contributed by atoms with E-state index in [2.05, 4.69) is 9.98 Å². The number of aromatic nitrogens is 1. The number of halogens is 3. The molecule has 2 aromatic rings. The fourth-order valence-corrected chi connectivity index (χ4v) is 3.00. The van der Waals surface area contributed by atoms with Crippen LogP contribution in [0.1, 0.15) is 51.8 Å². The second-order valence-corrected chi connectivity index (χ2v) is 8.60. The Morgan fingerprint density at radius 1 is 1.34 bits per heavy atom. The molecular formula is C23H28Cl2FN3O3. The topological polar surface area (TPSA) is 97.8 Å². The molecule has 2 rings (SSSR count). The van der Waals surface area contributed by atoms with Crippen molar-refractivity contribution in [2.24, 2.45) is 10.4 Å². The average Bonchev–Trinajstić information content (AvgIpc) is 2.71. The number of ether oxygens (including phenoxy) is 1. The lowest BCUT2D eigenvalue weighted by Crippen LogP contribution is -2.18. The van der Waals surface area contributed by atoms with Crippen molar-refractivity contribution >= 4 is 46.8 Å². The number of anilines is 1. The molecule has 0 aliphatic carbocycles. The van der Waals surface area contributed by atoms with Crippen molar-refractivity contribution in [3.63, 3.8) is 0 Å². The van der Waals surface area contributed by atoms with Crippen LogP contribution in [0.2, 0.25) is 10.0 Å². The molecule has 0 fully saturated rings. The van der Waals surface area contributed by atoms with Crippen LogP contribution in [-0.2, 0) is 4.79 Å². The molecule has 32 heavy (non-hydrogen) atoms. The quantitative estimate of drug-likeness (QED) is 0.374. The van der Waals surface area contributed by atoms with Crippen LogP contribution in [0.5, 0.6) is 5.75 Å². The Morgan fingerprint density at radius 2 is 1.94 bits per heavy atom. The van der Waals surface area contributed by atoms with E-state index in [-0.39, 0.29) is 10.8 Å². The Morgan fingerprint density at radius 3 is 2.44 bits per heavy atom. The van der Waals surface area contributed by atoms with Crippen LogP contribution in [0.25, 0.3) is 5.57 Å². The molecule has 0 amide bonds. The molecule has 1 aromatic carbocycles. The summed E-state index contributed by atoms with van der Waals surface area (Å²) < 4.78 is 19.6. The van der Waals surface area contributed by atoms with Crippen LogP contribution < -0.4 is 10.5 Å². The van der Waals surface area contributed by atoms with E-state index in [9.17, 15) is 9.18 Å². The molecule has 1 aromatic heterocycles. The van der Waals surface area contributed by atoms with E-state index in [0.29, 0.717) is 16.3 Å².